The molecule has 0 spiro atoms. The van der Waals surface area contributed by atoms with Crippen LogP contribution in [0.3, 0.4) is 0 Å². The first kappa shape index (κ1) is 23.7. The zero-order chi connectivity index (χ0) is 8.20. The van der Waals surface area contributed by atoms with Crippen molar-refractivity contribution in [2.45, 2.75) is 46.2 Å². The average molecular weight is 261 g/mol. The minimum absolute atomic E-state index is 0. The number of hydrogen-bond donors (Lipinski definition) is 0. The van der Waals surface area contributed by atoms with Gasteiger partial charge in [0.15, 0.2) is 0 Å². The van der Waals surface area contributed by atoms with Gasteiger partial charge in [-0.2, -0.15) is 0 Å². The Hall–Kier alpha value is 1.02. The van der Waals surface area contributed by atoms with Gasteiger partial charge in [-0.05, 0) is 0 Å². The molecule has 3 heteroatoms. The van der Waals surface area contributed by atoms with Crippen LogP contribution in [0.5, 0.6) is 0 Å². The standard InChI is InChI=1S/C8H18N2.2CH3.Y/c1-7(2)9-6-10-8(3,4)5;;;/h7H,6H2,1-5H3;2*1H3;/q-2;2*-1;. The SMILES string of the molecule is CC(C)[N-]C[N-]C(C)(C)C.[CH3-].[CH3-].[Y]. The molecule has 0 aliphatic rings. The summed E-state index contributed by atoms with van der Waals surface area (Å²) >= 11 is 0. The summed E-state index contributed by atoms with van der Waals surface area (Å²) in [5.74, 6) is 0. The molecule has 0 aromatic carbocycles. The Morgan fingerprint density at radius 1 is 1.08 bits per heavy atom. The molecule has 0 N–H and O–H groups in total. The summed E-state index contributed by atoms with van der Waals surface area (Å²) in [4.78, 5) is 0. The molecular weight excluding hydrogens is 237 g/mol. The molecule has 0 saturated carbocycles. The van der Waals surface area contributed by atoms with Crippen molar-refractivity contribution in [3.63, 3.8) is 0 Å². The molecule has 0 saturated heterocycles. The van der Waals surface area contributed by atoms with E-state index in [1.54, 1.807) is 0 Å². The average Bonchev–Trinajstić information content (AvgIpc) is 1.59. The molecule has 0 aromatic heterocycles. The van der Waals surface area contributed by atoms with E-state index in [9.17, 15) is 0 Å². The fourth-order valence-corrected chi connectivity index (χ4v) is 0.416. The zero-order valence-electron chi connectivity index (χ0n) is 10.3. The van der Waals surface area contributed by atoms with E-state index < -0.39 is 0 Å². The third kappa shape index (κ3) is 24.6. The molecule has 81 valence electrons. The van der Waals surface area contributed by atoms with E-state index in [2.05, 4.69) is 45.3 Å². The fraction of sp³-hybridized carbons (Fsp3) is 0.800. The Kier molecular flexibility index (Phi) is 20.2. The largest absolute Gasteiger partial charge is 0.678 e. The van der Waals surface area contributed by atoms with Crippen LogP contribution in [0.1, 0.15) is 34.6 Å². The maximum Gasteiger partial charge on any atom is 0 e. The van der Waals surface area contributed by atoms with Crippen LogP contribution in [0.4, 0.5) is 0 Å². The van der Waals surface area contributed by atoms with Gasteiger partial charge in [0.2, 0.25) is 0 Å². The zero-order valence-corrected chi connectivity index (χ0v) is 13.1. The van der Waals surface area contributed by atoms with E-state index in [0.29, 0.717) is 12.7 Å². The van der Waals surface area contributed by atoms with Gasteiger partial charge in [0.25, 0.3) is 0 Å². The number of nitrogens with zero attached hydrogens (tertiary/aromatic N) is 2. The summed E-state index contributed by atoms with van der Waals surface area (Å²) in [5.41, 5.74) is 0.0678. The van der Waals surface area contributed by atoms with Crippen molar-refractivity contribution >= 4 is 0 Å². The van der Waals surface area contributed by atoms with Gasteiger partial charge in [-0.15, -0.1) is 11.6 Å². The van der Waals surface area contributed by atoms with Crippen molar-refractivity contribution in [1.82, 2.24) is 0 Å². The van der Waals surface area contributed by atoms with Crippen LogP contribution in [0.15, 0.2) is 0 Å². The van der Waals surface area contributed by atoms with E-state index >= 15 is 0 Å². The normalized spacial score (nSPS) is 9.69. The molecule has 2 nitrogen and oxygen atoms in total. The van der Waals surface area contributed by atoms with Crippen LogP contribution in [0.25, 0.3) is 10.6 Å². The first-order valence-electron chi connectivity index (χ1n) is 3.77. The van der Waals surface area contributed by atoms with E-state index in [0.717, 1.165) is 0 Å². The first-order valence-corrected chi connectivity index (χ1v) is 3.77. The van der Waals surface area contributed by atoms with Gasteiger partial charge in [-0.1, -0.05) is 34.6 Å². The second kappa shape index (κ2) is 11.1. The molecule has 0 fully saturated rings. The van der Waals surface area contributed by atoms with Crippen molar-refractivity contribution in [2.75, 3.05) is 6.67 Å². The van der Waals surface area contributed by atoms with Crippen LogP contribution in [-0.2, 0) is 32.7 Å². The monoisotopic (exact) mass is 261 g/mol. The molecule has 0 unspecified atom stereocenters. The number of rotatable bonds is 3. The van der Waals surface area contributed by atoms with Gasteiger partial charge in [0.1, 0.15) is 0 Å². The van der Waals surface area contributed by atoms with Gasteiger partial charge in [0.05, 0.1) is 0 Å². The third-order valence-corrected chi connectivity index (χ3v) is 0.992. The van der Waals surface area contributed by atoms with Crippen LogP contribution in [0.2, 0.25) is 0 Å². The van der Waals surface area contributed by atoms with Crippen molar-refractivity contribution in [3.05, 3.63) is 25.5 Å². The Labute approximate surface area is 111 Å². The minimum atomic E-state index is 0. The Morgan fingerprint density at radius 3 is 1.69 bits per heavy atom. The predicted molar refractivity (Wildman–Crippen MR) is 59.3 cm³/mol. The third-order valence-electron chi connectivity index (χ3n) is 0.992. The van der Waals surface area contributed by atoms with Crippen molar-refractivity contribution < 1.29 is 32.7 Å². The van der Waals surface area contributed by atoms with Gasteiger partial charge < -0.3 is 25.5 Å². The van der Waals surface area contributed by atoms with Gasteiger partial charge >= 0.3 is 0 Å². The molecule has 13 heavy (non-hydrogen) atoms. The van der Waals surface area contributed by atoms with Crippen LogP contribution < -0.4 is 0 Å². The molecule has 0 bridgehead atoms. The van der Waals surface area contributed by atoms with Gasteiger partial charge in [0, 0.05) is 32.7 Å². The Bertz CT molecular complexity index is 87.4. The molecule has 0 aliphatic carbocycles. The summed E-state index contributed by atoms with van der Waals surface area (Å²) in [6.07, 6.45) is 0. The molecular formula is C10H24N2Y-4. The summed E-state index contributed by atoms with van der Waals surface area (Å²) in [6.45, 7) is 11.0. The van der Waals surface area contributed by atoms with Crippen LogP contribution in [0, 0.1) is 14.9 Å². The summed E-state index contributed by atoms with van der Waals surface area (Å²) in [6, 6.07) is 0.408. The molecule has 0 atom stereocenters. The van der Waals surface area contributed by atoms with Crippen molar-refractivity contribution in [2.24, 2.45) is 0 Å². The second-order valence-electron chi connectivity index (χ2n) is 3.75. The van der Waals surface area contributed by atoms with Gasteiger partial charge in [-0.25, -0.2) is 0 Å². The topological polar surface area (TPSA) is 28.2 Å². The second-order valence-corrected chi connectivity index (χ2v) is 3.75. The minimum Gasteiger partial charge on any atom is -0.678 e. The first-order chi connectivity index (χ1) is 4.42. The van der Waals surface area contributed by atoms with E-state index in [4.69, 9.17) is 0 Å². The van der Waals surface area contributed by atoms with E-state index in [1.807, 2.05) is 0 Å². The molecule has 1 radical (unpaired) electrons. The summed E-state index contributed by atoms with van der Waals surface area (Å²) < 4.78 is 0. The van der Waals surface area contributed by atoms with Crippen molar-refractivity contribution in [1.29, 1.82) is 0 Å². The smallest absolute Gasteiger partial charge is 0 e. The summed E-state index contributed by atoms with van der Waals surface area (Å²) in [7, 11) is 0. The predicted octanol–water partition coefficient (Wildman–Crippen LogP) is 3.80. The van der Waals surface area contributed by atoms with Gasteiger partial charge in [-0.3, -0.25) is 6.67 Å². The molecule has 0 aliphatic heterocycles. The molecule has 0 amide bonds. The maximum absolute atomic E-state index is 4.33. The van der Waals surface area contributed by atoms with Crippen LogP contribution in [-0.4, -0.2) is 18.2 Å². The fourth-order valence-electron chi connectivity index (χ4n) is 0.416. The maximum atomic E-state index is 4.33. The number of hydrogen-bond acceptors (Lipinski definition) is 0. The molecule has 0 aromatic rings. The molecule has 0 heterocycles. The summed E-state index contributed by atoms with van der Waals surface area (Å²) in [5, 5.41) is 8.57. The van der Waals surface area contributed by atoms with Crippen LogP contribution >= 0.6 is 0 Å². The van der Waals surface area contributed by atoms with E-state index in [1.165, 1.54) is 0 Å². The van der Waals surface area contributed by atoms with E-state index in [-0.39, 0.29) is 53.1 Å². The Morgan fingerprint density at radius 2 is 1.46 bits per heavy atom. The van der Waals surface area contributed by atoms with Crippen molar-refractivity contribution in [3.8, 4) is 0 Å². The quantitative estimate of drug-likeness (QED) is 0.691. The molecule has 0 rings (SSSR count). The Balaban J connectivity index is -0.000000135.